The smallest absolute Gasteiger partial charge is 0.187 e. The summed E-state index contributed by atoms with van der Waals surface area (Å²) in [4.78, 5) is 24.1. The molecule has 0 saturated heterocycles. The largest absolute Gasteiger partial charge is 0.493 e. The van der Waals surface area contributed by atoms with Gasteiger partial charge in [0.1, 0.15) is 6.29 Å². The van der Waals surface area contributed by atoms with Crippen LogP contribution in [0.25, 0.3) is 0 Å². The fourth-order valence-electron chi connectivity index (χ4n) is 3.06. The summed E-state index contributed by atoms with van der Waals surface area (Å²) in [5, 5.41) is 3.96. The van der Waals surface area contributed by atoms with E-state index in [9.17, 15) is 9.59 Å². The Balaban J connectivity index is 2.12. The van der Waals surface area contributed by atoms with Crippen molar-refractivity contribution in [3.05, 3.63) is 69.9 Å². The minimum Gasteiger partial charge on any atom is -0.493 e. The summed E-state index contributed by atoms with van der Waals surface area (Å²) in [6, 6.07) is 10.4. The van der Waals surface area contributed by atoms with E-state index in [4.69, 9.17) is 21.1 Å². The maximum Gasteiger partial charge on any atom is 0.187 e. The van der Waals surface area contributed by atoms with Crippen molar-refractivity contribution in [3.8, 4) is 11.5 Å². The number of halogens is 1. The Hall–Kier alpha value is -2.79. The second-order valence-electron chi connectivity index (χ2n) is 6.84. The van der Waals surface area contributed by atoms with Crippen molar-refractivity contribution in [2.24, 2.45) is 0 Å². The van der Waals surface area contributed by atoms with Gasteiger partial charge in [-0.2, -0.15) is 0 Å². The van der Waals surface area contributed by atoms with E-state index in [-0.39, 0.29) is 5.78 Å². The van der Waals surface area contributed by atoms with Crippen LogP contribution in [0.1, 0.15) is 52.5 Å². The van der Waals surface area contributed by atoms with E-state index in [0.29, 0.717) is 40.6 Å². The molecule has 0 atom stereocenters. The average molecular weight is 430 g/mol. The number of rotatable bonds is 12. The molecule has 0 spiro atoms. The number of methoxy groups -OCH3 is 2. The predicted molar refractivity (Wildman–Crippen MR) is 120 cm³/mol. The van der Waals surface area contributed by atoms with E-state index in [1.807, 2.05) is 6.07 Å². The van der Waals surface area contributed by atoms with Crippen LogP contribution in [-0.2, 0) is 6.42 Å². The molecule has 1 N–H and O–H groups in total. The van der Waals surface area contributed by atoms with Gasteiger partial charge in [-0.25, -0.2) is 0 Å². The Labute approximate surface area is 183 Å². The highest BCUT2D eigenvalue weighted by molar-refractivity contribution is 6.30. The van der Waals surface area contributed by atoms with E-state index in [2.05, 4.69) is 12.2 Å². The molecule has 5 nitrogen and oxygen atoms in total. The number of ketones is 1. The van der Waals surface area contributed by atoms with Crippen molar-refractivity contribution in [3.63, 3.8) is 0 Å². The summed E-state index contributed by atoms with van der Waals surface area (Å²) in [6.45, 7) is 2.69. The number of hydrogen-bond donors (Lipinski definition) is 1. The van der Waals surface area contributed by atoms with Crippen LogP contribution < -0.4 is 14.8 Å². The highest BCUT2D eigenvalue weighted by atomic mass is 35.5. The van der Waals surface area contributed by atoms with Crippen LogP contribution in [0.3, 0.4) is 0 Å². The Bertz CT molecular complexity index is 891. The monoisotopic (exact) mass is 429 g/mol. The summed E-state index contributed by atoms with van der Waals surface area (Å²) in [7, 11) is 3.10. The van der Waals surface area contributed by atoms with Gasteiger partial charge in [-0.3, -0.25) is 9.59 Å². The second kappa shape index (κ2) is 12.0. The number of allylic oxidation sites excluding steroid dienone is 2. The molecular weight excluding hydrogens is 402 g/mol. The van der Waals surface area contributed by atoms with Gasteiger partial charge in [0.05, 0.1) is 14.2 Å². The number of carbonyl (C=O) groups excluding carboxylic acids is 2. The molecule has 0 radical (unpaired) electrons. The molecule has 0 aromatic heterocycles. The molecule has 30 heavy (non-hydrogen) atoms. The normalized spacial score (nSPS) is 11.1. The molecule has 0 bridgehead atoms. The molecule has 0 aliphatic carbocycles. The van der Waals surface area contributed by atoms with Crippen molar-refractivity contribution in [1.82, 2.24) is 5.32 Å². The first-order valence-electron chi connectivity index (χ1n) is 9.96. The molecule has 160 valence electrons. The summed E-state index contributed by atoms with van der Waals surface area (Å²) in [5.74, 6) is 1.04. The van der Waals surface area contributed by atoms with Crippen molar-refractivity contribution in [1.29, 1.82) is 0 Å². The standard InChI is InChI=1S/C24H28ClNO4/c1-4-5-6-21(15-22(28)17-7-9-20(25)10-8-17)26-12-11-18-13-23(29-2)24(30-3)14-19(18)16-27/h7-10,13-16,26H,4-6,11-12H2,1-3H3/b21-15-. The van der Waals surface area contributed by atoms with E-state index < -0.39 is 0 Å². The summed E-state index contributed by atoms with van der Waals surface area (Å²) >= 11 is 5.90. The molecule has 2 aromatic rings. The maximum absolute atomic E-state index is 12.6. The minimum absolute atomic E-state index is 0.0648. The lowest BCUT2D eigenvalue weighted by Gasteiger charge is -2.14. The van der Waals surface area contributed by atoms with Crippen molar-refractivity contribution >= 4 is 23.7 Å². The van der Waals surface area contributed by atoms with Gasteiger partial charge in [-0.05, 0) is 61.2 Å². The van der Waals surface area contributed by atoms with Crippen LogP contribution in [0.15, 0.2) is 48.2 Å². The third-order valence-electron chi connectivity index (χ3n) is 4.75. The Kier molecular flexibility index (Phi) is 9.42. The fraction of sp³-hybridized carbons (Fsp3) is 0.333. The Morgan fingerprint density at radius 2 is 1.77 bits per heavy atom. The SMILES string of the molecule is CCCC/C(=C/C(=O)c1ccc(Cl)cc1)NCCc1cc(OC)c(OC)cc1C=O. The number of ether oxygens (including phenoxy) is 2. The highest BCUT2D eigenvalue weighted by Crippen LogP contribution is 2.30. The molecule has 2 aromatic carbocycles. The molecule has 0 aliphatic heterocycles. The lowest BCUT2D eigenvalue weighted by Crippen LogP contribution is -2.19. The zero-order valence-corrected chi connectivity index (χ0v) is 18.4. The van der Waals surface area contributed by atoms with Crippen LogP contribution in [0.2, 0.25) is 5.02 Å². The molecule has 2 rings (SSSR count). The molecule has 0 fully saturated rings. The molecule has 0 unspecified atom stereocenters. The van der Waals surface area contributed by atoms with Gasteiger partial charge in [-0.15, -0.1) is 0 Å². The van der Waals surface area contributed by atoms with E-state index >= 15 is 0 Å². The summed E-state index contributed by atoms with van der Waals surface area (Å²) in [5.41, 5.74) is 2.89. The number of nitrogens with one attached hydrogen (secondary N) is 1. The van der Waals surface area contributed by atoms with Gasteiger partial charge in [0.2, 0.25) is 0 Å². The van der Waals surface area contributed by atoms with Crippen LogP contribution in [0.4, 0.5) is 0 Å². The highest BCUT2D eigenvalue weighted by Gasteiger charge is 2.11. The summed E-state index contributed by atoms with van der Waals surface area (Å²) < 4.78 is 10.6. The van der Waals surface area contributed by atoms with E-state index in [0.717, 1.165) is 36.8 Å². The number of unbranched alkanes of at least 4 members (excludes halogenated alkanes) is 1. The lowest BCUT2D eigenvalue weighted by atomic mass is 10.0. The van der Waals surface area contributed by atoms with Crippen molar-refractivity contribution in [2.75, 3.05) is 20.8 Å². The number of hydrogen-bond acceptors (Lipinski definition) is 5. The number of benzene rings is 2. The third-order valence-corrected chi connectivity index (χ3v) is 5.00. The second-order valence-corrected chi connectivity index (χ2v) is 7.28. The quantitative estimate of drug-likeness (QED) is 0.283. The number of carbonyl (C=O) groups is 2. The Morgan fingerprint density at radius 1 is 1.10 bits per heavy atom. The van der Waals surface area contributed by atoms with E-state index in [1.165, 1.54) is 7.11 Å². The number of aldehydes is 1. The molecule has 0 saturated carbocycles. The zero-order chi connectivity index (χ0) is 21.9. The van der Waals surface area contributed by atoms with Gasteiger partial charge in [0.25, 0.3) is 0 Å². The van der Waals surface area contributed by atoms with Crippen LogP contribution in [0, 0.1) is 0 Å². The van der Waals surface area contributed by atoms with Gasteiger partial charge in [0.15, 0.2) is 17.3 Å². The average Bonchev–Trinajstić information content (AvgIpc) is 2.77. The van der Waals surface area contributed by atoms with Gasteiger partial charge in [-0.1, -0.05) is 24.9 Å². The maximum atomic E-state index is 12.6. The Morgan fingerprint density at radius 3 is 2.37 bits per heavy atom. The first-order chi connectivity index (χ1) is 14.5. The van der Waals surface area contributed by atoms with Gasteiger partial charge >= 0.3 is 0 Å². The third kappa shape index (κ3) is 6.63. The molecule has 0 aliphatic rings. The van der Waals surface area contributed by atoms with Crippen molar-refractivity contribution < 1.29 is 19.1 Å². The zero-order valence-electron chi connectivity index (χ0n) is 17.7. The first kappa shape index (κ1) is 23.5. The molecule has 0 amide bonds. The minimum atomic E-state index is -0.0648. The molecular formula is C24H28ClNO4. The topological polar surface area (TPSA) is 64.6 Å². The predicted octanol–water partition coefficient (Wildman–Crippen LogP) is 5.26. The van der Waals surface area contributed by atoms with Crippen LogP contribution >= 0.6 is 11.6 Å². The van der Waals surface area contributed by atoms with Gasteiger partial charge < -0.3 is 14.8 Å². The molecule has 0 heterocycles. The lowest BCUT2D eigenvalue weighted by molar-refractivity contribution is 0.104. The van der Waals surface area contributed by atoms with Crippen molar-refractivity contribution in [2.45, 2.75) is 32.6 Å². The van der Waals surface area contributed by atoms with Gasteiger partial charge in [0, 0.05) is 34.5 Å². The first-order valence-corrected chi connectivity index (χ1v) is 10.3. The summed E-state index contributed by atoms with van der Waals surface area (Å²) in [6.07, 6.45) is 5.85. The fourth-order valence-corrected chi connectivity index (χ4v) is 3.18. The van der Waals surface area contributed by atoms with Crippen LogP contribution in [0.5, 0.6) is 11.5 Å². The molecule has 6 heteroatoms. The van der Waals surface area contributed by atoms with E-state index in [1.54, 1.807) is 43.5 Å². The van der Waals surface area contributed by atoms with Crippen LogP contribution in [-0.4, -0.2) is 32.8 Å².